The Labute approximate surface area is 212 Å². The van der Waals surface area contributed by atoms with E-state index >= 15 is 0 Å². The molecule has 1 N–H and O–H groups in total. The van der Waals surface area contributed by atoms with Crippen molar-refractivity contribution in [3.8, 4) is 17.2 Å². The number of hydrogen-bond acceptors (Lipinski definition) is 4. The second-order valence-corrected chi connectivity index (χ2v) is 7.93. The van der Waals surface area contributed by atoms with Crippen molar-refractivity contribution in [2.75, 3.05) is 11.6 Å². The molecule has 0 spiro atoms. The zero-order chi connectivity index (χ0) is 29.2. The Bertz CT molecular complexity index is 1270. The van der Waals surface area contributed by atoms with Gasteiger partial charge in [0.25, 0.3) is 0 Å². The minimum absolute atomic E-state index is 0.209. The molecule has 0 radical (unpaired) electrons. The van der Waals surface area contributed by atoms with Crippen LogP contribution in [-0.4, -0.2) is 30.1 Å². The highest BCUT2D eigenvalue weighted by Crippen LogP contribution is 2.44. The quantitative estimate of drug-likeness (QED) is 0.219. The molecule has 0 saturated heterocycles. The normalized spacial score (nSPS) is 13.6. The molecule has 1 atom stereocenters. The van der Waals surface area contributed by atoms with E-state index in [1.54, 1.807) is 0 Å². The van der Waals surface area contributed by atoms with Crippen LogP contribution in [0, 0.1) is 0 Å². The van der Waals surface area contributed by atoms with Crippen LogP contribution in [-0.2, 0) is 12.1 Å². The molecule has 0 aliphatic carbocycles. The van der Waals surface area contributed by atoms with Crippen LogP contribution in [0.5, 0.6) is 17.2 Å². The highest BCUT2D eigenvalue weighted by atomic mass is 19.4. The summed E-state index contributed by atoms with van der Waals surface area (Å²) in [5.41, 5.74) is -2.94. The van der Waals surface area contributed by atoms with Crippen LogP contribution in [0.1, 0.15) is 11.1 Å². The van der Waals surface area contributed by atoms with Crippen LogP contribution in [0.4, 0.5) is 54.0 Å². The van der Waals surface area contributed by atoms with Crippen LogP contribution in [0.25, 0.3) is 0 Å². The third-order valence-electron chi connectivity index (χ3n) is 4.99. The van der Waals surface area contributed by atoms with Gasteiger partial charge in [-0.3, -0.25) is 0 Å². The van der Waals surface area contributed by atoms with Gasteiger partial charge in [0.05, 0.1) is 17.8 Å². The minimum Gasteiger partial charge on any atom is -0.457 e. The van der Waals surface area contributed by atoms with E-state index in [0.717, 1.165) is 42.5 Å². The van der Waals surface area contributed by atoms with E-state index in [0.29, 0.717) is 17.2 Å². The van der Waals surface area contributed by atoms with E-state index in [1.165, 1.54) is 12.1 Å². The Morgan fingerprint density at radius 1 is 0.667 bits per heavy atom. The molecule has 0 heterocycles. The summed E-state index contributed by atoms with van der Waals surface area (Å²) in [4.78, 5) is 5.15. The predicted molar refractivity (Wildman–Crippen MR) is 114 cm³/mol. The smallest absolute Gasteiger partial charge is 0.457 e. The summed E-state index contributed by atoms with van der Waals surface area (Å²) in [6, 6.07) is 10.4. The number of rotatable bonds is 8. The molecule has 4 nitrogen and oxygen atoms in total. The van der Waals surface area contributed by atoms with Gasteiger partial charge >= 0.3 is 24.5 Å². The Morgan fingerprint density at radius 2 is 1.18 bits per heavy atom. The van der Waals surface area contributed by atoms with Gasteiger partial charge in [-0.2, -0.15) is 48.3 Å². The molecule has 0 bridgehead atoms. The lowest BCUT2D eigenvalue weighted by Gasteiger charge is -2.28. The first-order chi connectivity index (χ1) is 17.9. The van der Waals surface area contributed by atoms with Crippen LogP contribution < -0.4 is 14.6 Å². The molecule has 0 amide bonds. The molecular formula is C24H16F11NO3. The largest absolute Gasteiger partial charge is 0.458 e. The standard InChI is InChI=1S/C24H16F11NO3/c25-21(26,24(33,34)35)14-4-1-9-19(10-14)39-36(13-20(37)23(30,31)32)16-6-3-8-18(12-16)38-17-7-2-5-15(11-17)22(27,28)29/h1-12,20,37H,13H2/t20-/m0/s1. The Morgan fingerprint density at radius 3 is 1.74 bits per heavy atom. The summed E-state index contributed by atoms with van der Waals surface area (Å²) in [7, 11) is 0. The average Bonchev–Trinajstić information content (AvgIpc) is 2.82. The van der Waals surface area contributed by atoms with Gasteiger partial charge in [-0.05, 0) is 42.5 Å². The summed E-state index contributed by atoms with van der Waals surface area (Å²) < 4.78 is 149. The first kappa shape index (κ1) is 29.8. The lowest BCUT2D eigenvalue weighted by atomic mass is 10.1. The number of benzene rings is 3. The molecule has 0 unspecified atom stereocenters. The highest BCUT2D eigenvalue weighted by Gasteiger charge is 2.58. The van der Waals surface area contributed by atoms with Crippen LogP contribution in [0.2, 0.25) is 0 Å². The van der Waals surface area contributed by atoms with Crippen LogP contribution in [0.3, 0.4) is 0 Å². The lowest BCUT2D eigenvalue weighted by molar-refractivity contribution is -0.289. The molecule has 3 rings (SSSR count). The molecule has 0 aliphatic heterocycles. The summed E-state index contributed by atoms with van der Waals surface area (Å²) in [6.45, 7) is -1.38. The third kappa shape index (κ3) is 7.43. The average molecular weight is 575 g/mol. The zero-order valence-electron chi connectivity index (χ0n) is 19.1. The Kier molecular flexibility index (Phi) is 8.24. The van der Waals surface area contributed by atoms with E-state index in [4.69, 9.17) is 9.57 Å². The number of anilines is 1. The van der Waals surface area contributed by atoms with Gasteiger partial charge in [0.15, 0.2) is 11.9 Å². The molecular weight excluding hydrogens is 559 g/mol. The van der Waals surface area contributed by atoms with E-state index in [2.05, 4.69) is 0 Å². The zero-order valence-corrected chi connectivity index (χ0v) is 19.1. The molecule has 15 heteroatoms. The fraction of sp³-hybridized carbons (Fsp3) is 0.250. The van der Waals surface area contributed by atoms with Gasteiger partial charge in [0.1, 0.15) is 11.5 Å². The molecule has 3 aromatic carbocycles. The number of halogens is 11. The molecule has 0 fully saturated rings. The van der Waals surface area contributed by atoms with E-state index < -0.39 is 54.0 Å². The van der Waals surface area contributed by atoms with E-state index in [9.17, 15) is 53.4 Å². The maximum Gasteiger partial charge on any atom is 0.458 e. The van der Waals surface area contributed by atoms with Crippen LogP contribution in [0.15, 0.2) is 72.8 Å². The SMILES string of the molecule is O[C@@H](CN(Oc1cccc(C(F)(F)C(F)(F)F)c1)c1cccc(Oc2cccc(C(F)(F)F)c2)c1)C(F)(F)F. The van der Waals surface area contributed by atoms with Gasteiger partial charge < -0.3 is 14.7 Å². The van der Waals surface area contributed by atoms with E-state index in [1.807, 2.05) is 0 Å². The second kappa shape index (κ2) is 10.8. The third-order valence-corrected chi connectivity index (χ3v) is 4.99. The molecule has 0 aromatic heterocycles. The van der Waals surface area contributed by atoms with Crippen LogP contribution >= 0.6 is 0 Å². The molecule has 39 heavy (non-hydrogen) atoms. The molecule has 3 aromatic rings. The summed E-state index contributed by atoms with van der Waals surface area (Å²) in [5, 5.41) is 9.89. The number of ether oxygens (including phenoxy) is 1. The number of hydroxylamine groups is 1. The number of nitrogens with zero attached hydrogens (tertiary/aromatic N) is 1. The van der Waals surface area contributed by atoms with Crippen molar-refractivity contribution in [3.63, 3.8) is 0 Å². The van der Waals surface area contributed by atoms with Gasteiger partial charge in [-0.15, -0.1) is 0 Å². The lowest BCUT2D eigenvalue weighted by Crippen LogP contribution is -2.42. The highest BCUT2D eigenvalue weighted by molar-refractivity contribution is 5.51. The fourth-order valence-electron chi connectivity index (χ4n) is 3.07. The monoisotopic (exact) mass is 575 g/mol. The maximum atomic E-state index is 13.8. The van der Waals surface area contributed by atoms with Crippen molar-refractivity contribution < 1.29 is 63.0 Å². The Balaban J connectivity index is 1.95. The first-order valence-corrected chi connectivity index (χ1v) is 10.6. The van der Waals surface area contributed by atoms with Crippen molar-refractivity contribution in [1.29, 1.82) is 0 Å². The molecule has 0 aliphatic rings. The molecule has 212 valence electrons. The topological polar surface area (TPSA) is 41.9 Å². The maximum absolute atomic E-state index is 13.8. The van der Waals surface area contributed by atoms with Gasteiger partial charge in [0, 0.05) is 11.6 Å². The van der Waals surface area contributed by atoms with E-state index in [-0.39, 0.29) is 23.3 Å². The van der Waals surface area contributed by atoms with Gasteiger partial charge in [0.2, 0.25) is 0 Å². The molecule has 0 saturated carbocycles. The minimum atomic E-state index is -5.98. The predicted octanol–water partition coefficient (Wildman–Crippen LogP) is 7.88. The van der Waals surface area contributed by atoms with Gasteiger partial charge in [-0.25, -0.2) is 5.06 Å². The van der Waals surface area contributed by atoms with Crippen molar-refractivity contribution in [2.24, 2.45) is 0 Å². The number of aliphatic hydroxyl groups excluding tert-OH is 1. The van der Waals surface area contributed by atoms with Gasteiger partial charge in [-0.1, -0.05) is 24.3 Å². The van der Waals surface area contributed by atoms with Crippen molar-refractivity contribution in [3.05, 3.63) is 83.9 Å². The van der Waals surface area contributed by atoms with Crippen molar-refractivity contribution >= 4 is 5.69 Å². The van der Waals surface area contributed by atoms with Crippen molar-refractivity contribution in [1.82, 2.24) is 0 Å². The number of alkyl halides is 11. The fourth-order valence-corrected chi connectivity index (χ4v) is 3.07. The second-order valence-electron chi connectivity index (χ2n) is 7.93. The number of aliphatic hydroxyl groups is 1. The Hall–Kier alpha value is -3.75. The van der Waals surface area contributed by atoms with Crippen molar-refractivity contribution in [2.45, 2.75) is 30.6 Å². The first-order valence-electron chi connectivity index (χ1n) is 10.6. The summed E-state index contributed by atoms with van der Waals surface area (Å²) >= 11 is 0. The summed E-state index contributed by atoms with van der Waals surface area (Å²) in [5.74, 6) is -6.57. The summed E-state index contributed by atoms with van der Waals surface area (Å²) in [6.07, 6.45) is -18.9. The number of hydrogen-bond donors (Lipinski definition) is 1.